The van der Waals surface area contributed by atoms with Crippen LogP contribution in [0.25, 0.3) is 0 Å². The van der Waals surface area contributed by atoms with Gasteiger partial charge in [-0.2, -0.15) is 0 Å². The maximum Gasteiger partial charge on any atom is 0.255 e. The van der Waals surface area contributed by atoms with Gasteiger partial charge in [-0.05, 0) is 17.7 Å². The van der Waals surface area contributed by atoms with E-state index in [0.717, 1.165) is 12.1 Å². The summed E-state index contributed by atoms with van der Waals surface area (Å²) in [5.74, 6) is -0.423. The summed E-state index contributed by atoms with van der Waals surface area (Å²) in [7, 11) is 0. The third-order valence-electron chi connectivity index (χ3n) is 1.41. The predicted molar refractivity (Wildman–Crippen MR) is 44.1 cm³/mol. The summed E-state index contributed by atoms with van der Waals surface area (Å²) in [6, 6.07) is 4.99. The van der Waals surface area contributed by atoms with Gasteiger partial charge in [0, 0.05) is 0 Å². The molecule has 0 nitrogen and oxygen atoms in total. The number of alkyl halides is 3. The van der Waals surface area contributed by atoms with E-state index in [2.05, 4.69) is 15.9 Å². The summed E-state index contributed by atoms with van der Waals surface area (Å²) in [5.41, 5.74) is 0.381. The molecule has 0 saturated heterocycles. The monoisotopic (exact) mass is 238 g/mol. The van der Waals surface area contributed by atoms with Gasteiger partial charge in [-0.3, -0.25) is 0 Å². The van der Waals surface area contributed by atoms with Gasteiger partial charge in [0.1, 0.15) is 10.6 Å². The van der Waals surface area contributed by atoms with E-state index in [9.17, 15) is 13.2 Å². The highest BCUT2D eigenvalue weighted by Gasteiger charge is 2.18. The van der Waals surface area contributed by atoms with Crippen molar-refractivity contribution in [1.82, 2.24) is 0 Å². The zero-order valence-corrected chi connectivity index (χ0v) is 7.56. The van der Waals surface area contributed by atoms with Crippen LogP contribution in [0.1, 0.15) is 10.4 Å². The van der Waals surface area contributed by atoms with Gasteiger partial charge in [-0.15, -0.1) is 0 Å². The molecule has 0 amide bonds. The largest absolute Gasteiger partial charge is 0.255 e. The second kappa shape index (κ2) is 3.94. The second-order valence-electron chi connectivity index (χ2n) is 2.29. The van der Waals surface area contributed by atoms with E-state index in [0.29, 0.717) is 5.56 Å². The molecule has 0 aliphatic rings. The molecule has 4 heteroatoms. The number of halogens is 4. The molecule has 0 heterocycles. The number of hydrogen-bond donors (Lipinski definition) is 0. The summed E-state index contributed by atoms with van der Waals surface area (Å²) in [6.45, 7) is 0. The molecule has 0 aliphatic carbocycles. The smallest absolute Gasteiger partial charge is 0.209 e. The molecule has 0 bridgehead atoms. The van der Waals surface area contributed by atoms with E-state index < -0.39 is 17.1 Å². The minimum absolute atomic E-state index is 0.381. The SMILES string of the molecule is Fc1ccc(C(Br)C(F)F)cc1. The average Bonchev–Trinajstić information content (AvgIpc) is 2.04. The van der Waals surface area contributed by atoms with Crippen molar-refractivity contribution in [2.45, 2.75) is 11.3 Å². The van der Waals surface area contributed by atoms with Gasteiger partial charge in [0.25, 0.3) is 6.43 Å². The summed E-state index contributed by atoms with van der Waals surface area (Å²) in [5, 5.41) is 0. The molecule has 1 atom stereocenters. The lowest BCUT2D eigenvalue weighted by atomic mass is 10.1. The summed E-state index contributed by atoms with van der Waals surface area (Å²) in [6.07, 6.45) is -2.48. The molecule has 0 aromatic heterocycles. The van der Waals surface area contributed by atoms with Crippen molar-refractivity contribution in [1.29, 1.82) is 0 Å². The van der Waals surface area contributed by atoms with Crippen molar-refractivity contribution < 1.29 is 13.2 Å². The summed E-state index contributed by atoms with van der Waals surface area (Å²) in [4.78, 5) is -1.02. The average molecular weight is 239 g/mol. The zero-order valence-electron chi connectivity index (χ0n) is 5.98. The molecule has 1 aromatic carbocycles. The van der Waals surface area contributed by atoms with Crippen LogP contribution in [0.5, 0.6) is 0 Å². The van der Waals surface area contributed by atoms with Crippen molar-refractivity contribution in [3.8, 4) is 0 Å². The van der Waals surface area contributed by atoms with Crippen molar-refractivity contribution in [3.63, 3.8) is 0 Å². The van der Waals surface area contributed by atoms with E-state index >= 15 is 0 Å². The first kappa shape index (κ1) is 9.58. The molecule has 0 saturated carbocycles. The van der Waals surface area contributed by atoms with E-state index in [-0.39, 0.29) is 0 Å². The molecule has 0 spiro atoms. The van der Waals surface area contributed by atoms with Gasteiger partial charge in [-0.1, -0.05) is 28.1 Å². The maximum absolute atomic E-state index is 12.3. The fourth-order valence-corrected chi connectivity index (χ4v) is 1.10. The van der Waals surface area contributed by atoms with Gasteiger partial charge >= 0.3 is 0 Å². The Balaban J connectivity index is 2.82. The number of rotatable bonds is 2. The lowest BCUT2D eigenvalue weighted by molar-refractivity contribution is 0.147. The predicted octanol–water partition coefficient (Wildman–Crippen LogP) is 3.53. The van der Waals surface area contributed by atoms with Gasteiger partial charge < -0.3 is 0 Å². The van der Waals surface area contributed by atoms with Crippen molar-refractivity contribution in [3.05, 3.63) is 35.6 Å². The number of benzene rings is 1. The van der Waals surface area contributed by atoms with Crippen LogP contribution in [-0.2, 0) is 0 Å². The minimum atomic E-state index is -2.48. The van der Waals surface area contributed by atoms with Gasteiger partial charge in [0.05, 0.1) is 0 Å². The van der Waals surface area contributed by atoms with Gasteiger partial charge in [0.2, 0.25) is 0 Å². The normalized spacial score (nSPS) is 13.4. The maximum atomic E-state index is 12.3. The molecule has 1 aromatic rings. The van der Waals surface area contributed by atoms with Crippen LogP contribution in [0.3, 0.4) is 0 Å². The highest BCUT2D eigenvalue weighted by Crippen LogP contribution is 2.29. The molecule has 0 N–H and O–H groups in total. The standard InChI is InChI=1S/C8H6BrF3/c9-7(8(11)12)5-1-3-6(10)4-2-5/h1-4,7-8H. The fourth-order valence-electron chi connectivity index (χ4n) is 0.792. The van der Waals surface area contributed by atoms with Crippen LogP contribution in [0.4, 0.5) is 13.2 Å². The highest BCUT2D eigenvalue weighted by atomic mass is 79.9. The van der Waals surface area contributed by atoms with E-state index in [1.165, 1.54) is 12.1 Å². The highest BCUT2D eigenvalue weighted by molar-refractivity contribution is 9.09. The zero-order chi connectivity index (χ0) is 9.14. The second-order valence-corrected chi connectivity index (χ2v) is 3.27. The van der Waals surface area contributed by atoms with Crippen molar-refractivity contribution in [2.75, 3.05) is 0 Å². The molecular formula is C8H6BrF3. The molecule has 1 unspecified atom stereocenters. The Morgan fingerprint density at radius 2 is 1.58 bits per heavy atom. The number of hydrogen-bond acceptors (Lipinski definition) is 0. The van der Waals surface area contributed by atoms with Crippen LogP contribution in [0.2, 0.25) is 0 Å². The Labute approximate surface area is 76.5 Å². The van der Waals surface area contributed by atoms with Gasteiger partial charge in [-0.25, -0.2) is 13.2 Å². The van der Waals surface area contributed by atoms with Crippen LogP contribution in [-0.4, -0.2) is 6.43 Å². The van der Waals surface area contributed by atoms with E-state index in [1.54, 1.807) is 0 Å². The molecule has 12 heavy (non-hydrogen) atoms. The van der Waals surface area contributed by atoms with Crippen molar-refractivity contribution >= 4 is 15.9 Å². The molecule has 66 valence electrons. The first-order valence-electron chi connectivity index (χ1n) is 3.29. The first-order valence-corrected chi connectivity index (χ1v) is 4.20. The van der Waals surface area contributed by atoms with E-state index in [4.69, 9.17) is 0 Å². The lowest BCUT2D eigenvalue weighted by Gasteiger charge is -2.07. The molecule has 0 aliphatic heterocycles. The van der Waals surface area contributed by atoms with Crippen LogP contribution < -0.4 is 0 Å². The molecule has 0 radical (unpaired) electrons. The quantitative estimate of drug-likeness (QED) is 0.692. The van der Waals surface area contributed by atoms with Crippen LogP contribution in [0, 0.1) is 5.82 Å². The Morgan fingerprint density at radius 1 is 1.08 bits per heavy atom. The fraction of sp³-hybridized carbons (Fsp3) is 0.250. The van der Waals surface area contributed by atoms with Gasteiger partial charge in [0.15, 0.2) is 0 Å². The Bertz CT molecular complexity index is 245. The summed E-state index contributed by atoms with van der Waals surface area (Å²) < 4.78 is 36.5. The molecule has 0 fully saturated rings. The first-order chi connectivity index (χ1) is 5.61. The topological polar surface area (TPSA) is 0 Å². The Morgan fingerprint density at radius 3 is 2.00 bits per heavy atom. The van der Waals surface area contributed by atoms with E-state index in [1.807, 2.05) is 0 Å². The summed E-state index contributed by atoms with van der Waals surface area (Å²) >= 11 is 2.80. The molecule has 1 rings (SSSR count). The van der Waals surface area contributed by atoms with Crippen LogP contribution >= 0.6 is 15.9 Å². The van der Waals surface area contributed by atoms with Crippen molar-refractivity contribution in [2.24, 2.45) is 0 Å². The third-order valence-corrected chi connectivity index (χ3v) is 2.34. The minimum Gasteiger partial charge on any atom is -0.209 e. The van der Waals surface area contributed by atoms with Crippen LogP contribution in [0.15, 0.2) is 24.3 Å². The lowest BCUT2D eigenvalue weighted by Crippen LogP contribution is -2.00. The Hall–Kier alpha value is -0.510. The molecular weight excluding hydrogens is 233 g/mol. The Kier molecular flexibility index (Phi) is 3.14. The third kappa shape index (κ3) is 2.24.